The molecule has 3 rings (SSSR count). The van der Waals surface area contributed by atoms with E-state index in [2.05, 4.69) is 25.7 Å². The summed E-state index contributed by atoms with van der Waals surface area (Å²) in [5.74, 6) is 0.122. The summed E-state index contributed by atoms with van der Waals surface area (Å²) in [6, 6.07) is 0.377. The number of hydrogen-bond donors (Lipinski definition) is 1. The Balaban J connectivity index is 1.82. The van der Waals surface area contributed by atoms with E-state index in [4.69, 9.17) is 10.5 Å². The Hall–Kier alpha value is -0.610. The van der Waals surface area contributed by atoms with Crippen molar-refractivity contribution in [3.8, 4) is 0 Å². The number of hydrogen-bond acceptors (Lipinski definition) is 3. The number of carbonyl (C=O) groups is 1. The number of nitrogens with two attached hydrogens (primary N) is 1. The van der Waals surface area contributed by atoms with Gasteiger partial charge in [0.1, 0.15) is 5.54 Å². The molecule has 3 fully saturated rings. The van der Waals surface area contributed by atoms with E-state index in [0.29, 0.717) is 31.1 Å². The smallest absolute Gasteiger partial charge is 0.245 e. The molecule has 0 spiro atoms. The molecule has 1 aliphatic carbocycles. The van der Waals surface area contributed by atoms with E-state index in [0.717, 1.165) is 19.4 Å². The lowest BCUT2D eigenvalue weighted by molar-refractivity contribution is -0.138. The molecule has 3 atom stereocenters. The molecule has 2 N–H and O–H groups in total. The predicted octanol–water partition coefficient (Wildman–Crippen LogP) is 1.53. The van der Waals surface area contributed by atoms with E-state index in [9.17, 15) is 4.79 Å². The molecule has 3 unspecified atom stereocenters. The van der Waals surface area contributed by atoms with Crippen LogP contribution in [0.4, 0.5) is 0 Å². The molecule has 2 aliphatic heterocycles. The minimum absolute atomic E-state index is 0.122. The highest BCUT2D eigenvalue weighted by Crippen LogP contribution is 2.52. The van der Waals surface area contributed by atoms with Crippen molar-refractivity contribution >= 4 is 5.91 Å². The van der Waals surface area contributed by atoms with Crippen molar-refractivity contribution in [1.82, 2.24) is 4.90 Å². The van der Waals surface area contributed by atoms with Crippen LogP contribution in [-0.2, 0) is 9.53 Å². The van der Waals surface area contributed by atoms with Gasteiger partial charge in [0.15, 0.2) is 0 Å². The van der Waals surface area contributed by atoms with Gasteiger partial charge >= 0.3 is 0 Å². The fourth-order valence-corrected chi connectivity index (χ4v) is 4.73. The molecule has 2 saturated heterocycles. The summed E-state index contributed by atoms with van der Waals surface area (Å²) >= 11 is 0. The van der Waals surface area contributed by atoms with Gasteiger partial charge in [0.2, 0.25) is 5.91 Å². The molecule has 2 heterocycles. The maximum atomic E-state index is 12.8. The van der Waals surface area contributed by atoms with Crippen LogP contribution >= 0.6 is 0 Å². The lowest BCUT2D eigenvalue weighted by Gasteiger charge is -2.39. The molecular weight excluding hydrogens is 240 g/mol. The maximum absolute atomic E-state index is 12.8. The fourth-order valence-electron chi connectivity index (χ4n) is 4.73. The Morgan fingerprint density at radius 2 is 2.05 bits per heavy atom. The SMILES string of the molecule is CC1(C)CC2CC(C)(CN2C(=O)C2(N)CCOC2)C1. The first-order valence-electron chi connectivity index (χ1n) is 7.41. The first-order valence-corrected chi connectivity index (χ1v) is 7.41. The van der Waals surface area contributed by atoms with Crippen molar-refractivity contribution < 1.29 is 9.53 Å². The molecule has 0 aromatic rings. The van der Waals surface area contributed by atoms with Gasteiger partial charge in [0.25, 0.3) is 0 Å². The molecule has 0 aromatic heterocycles. The second kappa shape index (κ2) is 3.95. The van der Waals surface area contributed by atoms with Gasteiger partial charge < -0.3 is 15.4 Å². The summed E-state index contributed by atoms with van der Waals surface area (Å²) in [7, 11) is 0. The summed E-state index contributed by atoms with van der Waals surface area (Å²) < 4.78 is 5.35. The molecule has 4 heteroatoms. The van der Waals surface area contributed by atoms with E-state index in [1.165, 1.54) is 6.42 Å². The molecule has 0 radical (unpaired) electrons. The van der Waals surface area contributed by atoms with Gasteiger partial charge in [-0.05, 0) is 36.5 Å². The van der Waals surface area contributed by atoms with Crippen molar-refractivity contribution in [2.24, 2.45) is 16.6 Å². The van der Waals surface area contributed by atoms with Gasteiger partial charge in [-0.1, -0.05) is 20.8 Å². The highest BCUT2D eigenvalue weighted by molar-refractivity contribution is 5.87. The quantitative estimate of drug-likeness (QED) is 0.783. The van der Waals surface area contributed by atoms with Crippen LogP contribution in [0, 0.1) is 10.8 Å². The third kappa shape index (κ3) is 2.19. The molecule has 0 aromatic carbocycles. The van der Waals surface area contributed by atoms with Crippen molar-refractivity contribution in [3.63, 3.8) is 0 Å². The van der Waals surface area contributed by atoms with Gasteiger partial charge in [-0.25, -0.2) is 0 Å². The molecule has 3 aliphatic rings. The lowest BCUT2D eigenvalue weighted by atomic mass is 9.65. The number of rotatable bonds is 1. The summed E-state index contributed by atoms with van der Waals surface area (Å²) in [5.41, 5.74) is 6.10. The van der Waals surface area contributed by atoms with E-state index in [-0.39, 0.29) is 11.3 Å². The van der Waals surface area contributed by atoms with Crippen LogP contribution in [0.3, 0.4) is 0 Å². The monoisotopic (exact) mass is 266 g/mol. The maximum Gasteiger partial charge on any atom is 0.245 e. The Labute approximate surface area is 115 Å². The third-order valence-electron chi connectivity index (χ3n) is 5.15. The fraction of sp³-hybridized carbons (Fsp3) is 0.933. The van der Waals surface area contributed by atoms with Crippen molar-refractivity contribution in [2.45, 2.75) is 58.0 Å². The first kappa shape index (κ1) is 13.4. The van der Waals surface area contributed by atoms with Crippen LogP contribution in [0.5, 0.6) is 0 Å². The Morgan fingerprint density at radius 1 is 1.32 bits per heavy atom. The molecule has 1 saturated carbocycles. The number of amides is 1. The van der Waals surface area contributed by atoms with Gasteiger partial charge in [-0.2, -0.15) is 0 Å². The summed E-state index contributed by atoms with van der Waals surface area (Å²) in [6.07, 6.45) is 4.11. The minimum Gasteiger partial charge on any atom is -0.379 e. The van der Waals surface area contributed by atoms with E-state index < -0.39 is 5.54 Å². The number of fused-ring (bicyclic) bond motifs is 2. The van der Waals surface area contributed by atoms with Crippen LogP contribution in [0.2, 0.25) is 0 Å². The zero-order valence-electron chi connectivity index (χ0n) is 12.4. The van der Waals surface area contributed by atoms with Crippen LogP contribution in [0.1, 0.15) is 46.5 Å². The highest BCUT2D eigenvalue weighted by atomic mass is 16.5. The zero-order chi connectivity index (χ0) is 13.9. The average Bonchev–Trinajstić information content (AvgIpc) is 2.79. The Kier molecular flexibility index (Phi) is 2.78. The molecule has 19 heavy (non-hydrogen) atoms. The van der Waals surface area contributed by atoms with Crippen molar-refractivity contribution in [1.29, 1.82) is 0 Å². The van der Waals surface area contributed by atoms with Crippen molar-refractivity contribution in [3.05, 3.63) is 0 Å². The van der Waals surface area contributed by atoms with Gasteiger partial charge in [-0.3, -0.25) is 4.79 Å². The standard InChI is InChI=1S/C15H26N2O2/c1-13(2)6-11-7-14(3,8-13)9-17(11)12(18)15(16)4-5-19-10-15/h11H,4-10,16H2,1-3H3. The topological polar surface area (TPSA) is 55.6 Å². The van der Waals surface area contributed by atoms with Gasteiger partial charge in [0.05, 0.1) is 6.61 Å². The van der Waals surface area contributed by atoms with Crippen LogP contribution < -0.4 is 5.73 Å². The van der Waals surface area contributed by atoms with Crippen molar-refractivity contribution in [2.75, 3.05) is 19.8 Å². The summed E-state index contributed by atoms with van der Waals surface area (Å²) in [5, 5.41) is 0. The second-order valence-corrected chi connectivity index (χ2v) is 8.11. The Bertz CT molecular complexity index is 401. The lowest BCUT2D eigenvalue weighted by Crippen LogP contribution is -2.57. The number of ether oxygens (including phenoxy) is 1. The summed E-state index contributed by atoms with van der Waals surface area (Å²) in [6.45, 7) is 8.84. The average molecular weight is 266 g/mol. The van der Waals surface area contributed by atoms with Crippen LogP contribution in [0.25, 0.3) is 0 Å². The first-order chi connectivity index (χ1) is 8.73. The number of nitrogens with zero attached hydrogens (tertiary/aromatic N) is 1. The Morgan fingerprint density at radius 3 is 2.68 bits per heavy atom. The second-order valence-electron chi connectivity index (χ2n) is 8.11. The van der Waals surface area contributed by atoms with E-state index in [1.807, 2.05) is 0 Å². The van der Waals surface area contributed by atoms with E-state index >= 15 is 0 Å². The predicted molar refractivity (Wildman–Crippen MR) is 73.6 cm³/mol. The largest absolute Gasteiger partial charge is 0.379 e. The van der Waals surface area contributed by atoms with Crippen LogP contribution in [-0.4, -0.2) is 42.1 Å². The molecular formula is C15H26N2O2. The molecule has 2 bridgehead atoms. The van der Waals surface area contributed by atoms with Gasteiger partial charge in [-0.15, -0.1) is 0 Å². The summed E-state index contributed by atoms with van der Waals surface area (Å²) in [4.78, 5) is 14.9. The molecule has 4 nitrogen and oxygen atoms in total. The van der Waals surface area contributed by atoms with Gasteiger partial charge in [0, 0.05) is 19.2 Å². The third-order valence-corrected chi connectivity index (χ3v) is 5.15. The normalized spacial score (nSPS) is 44.6. The highest BCUT2D eigenvalue weighted by Gasteiger charge is 2.54. The number of carbonyl (C=O) groups excluding carboxylic acids is 1. The molecule has 1 amide bonds. The number of likely N-dealkylation sites (tertiary alicyclic amines) is 1. The molecule has 108 valence electrons. The van der Waals surface area contributed by atoms with Crippen LogP contribution in [0.15, 0.2) is 0 Å². The van der Waals surface area contributed by atoms with E-state index in [1.54, 1.807) is 0 Å². The zero-order valence-corrected chi connectivity index (χ0v) is 12.4. The minimum atomic E-state index is -0.766.